The molecule has 0 spiro atoms. The molecule has 32 heavy (non-hydrogen) atoms. The fourth-order valence-electron chi connectivity index (χ4n) is 2.77. The van der Waals surface area contributed by atoms with Crippen molar-refractivity contribution in [3.8, 4) is 0 Å². The molecule has 0 radical (unpaired) electrons. The van der Waals surface area contributed by atoms with Crippen molar-refractivity contribution in [2.75, 3.05) is 11.9 Å². The number of aryl methyl sites for hydroxylation is 1. The molecule has 0 bridgehead atoms. The summed E-state index contributed by atoms with van der Waals surface area (Å²) < 4.78 is 18.1. The third-order valence-electron chi connectivity index (χ3n) is 4.27. The number of benzene rings is 2. The van der Waals surface area contributed by atoms with Crippen LogP contribution in [0.1, 0.15) is 44.7 Å². The molecule has 0 aliphatic carbocycles. The minimum Gasteiger partial charge on any atom is -0.444 e. The van der Waals surface area contributed by atoms with Crippen molar-refractivity contribution in [1.29, 1.82) is 0 Å². The van der Waals surface area contributed by atoms with Gasteiger partial charge in [-0.1, -0.05) is 24.3 Å². The van der Waals surface area contributed by atoms with Gasteiger partial charge in [-0.05, 0) is 62.6 Å². The van der Waals surface area contributed by atoms with Crippen LogP contribution < -0.4 is 16.0 Å². The van der Waals surface area contributed by atoms with Gasteiger partial charge in [-0.2, -0.15) is 0 Å². The first-order chi connectivity index (χ1) is 15.1. The Morgan fingerprint density at radius 1 is 0.906 bits per heavy atom. The molecule has 8 heteroatoms. The van der Waals surface area contributed by atoms with Gasteiger partial charge in [0.15, 0.2) is 0 Å². The van der Waals surface area contributed by atoms with Gasteiger partial charge in [0.25, 0.3) is 0 Å². The van der Waals surface area contributed by atoms with Crippen LogP contribution in [-0.2, 0) is 27.3 Å². The van der Waals surface area contributed by atoms with Gasteiger partial charge < -0.3 is 20.7 Å². The number of alkyl carbamates (subject to hydrolysis) is 1. The van der Waals surface area contributed by atoms with E-state index in [1.54, 1.807) is 51.1 Å². The predicted molar refractivity (Wildman–Crippen MR) is 120 cm³/mol. The van der Waals surface area contributed by atoms with Crippen LogP contribution in [0, 0.1) is 5.82 Å². The Labute approximate surface area is 187 Å². The predicted octanol–water partition coefficient (Wildman–Crippen LogP) is 3.93. The fourth-order valence-corrected chi connectivity index (χ4v) is 2.77. The number of halogens is 1. The summed E-state index contributed by atoms with van der Waals surface area (Å²) >= 11 is 0. The fraction of sp³-hybridized carbons (Fsp3) is 0.375. The molecule has 3 N–H and O–H groups in total. The molecule has 0 aliphatic heterocycles. The summed E-state index contributed by atoms with van der Waals surface area (Å²) in [6.07, 6.45) is 0.350. The summed E-state index contributed by atoms with van der Waals surface area (Å²) in [7, 11) is 0. The quantitative estimate of drug-likeness (QED) is 0.547. The Hall–Kier alpha value is -3.42. The third kappa shape index (κ3) is 10.1. The number of carbonyl (C=O) groups is 3. The minimum atomic E-state index is -0.590. The molecule has 2 rings (SSSR count). The second-order valence-corrected chi connectivity index (χ2v) is 8.33. The van der Waals surface area contributed by atoms with Crippen molar-refractivity contribution >= 4 is 23.6 Å². The van der Waals surface area contributed by atoms with Gasteiger partial charge in [0.1, 0.15) is 11.4 Å². The largest absolute Gasteiger partial charge is 0.444 e. The normalized spacial score (nSPS) is 10.9. The maximum atomic E-state index is 12.9. The Morgan fingerprint density at radius 2 is 1.62 bits per heavy atom. The highest BCUT2D eigenvalue weighted by Crippen LogP contribution is 2.12. The maximum Gasteiger partial charge on any atom is 0.407 e. The SMILES string of the molecule is CC(C)(C)OC(=O)NCCC(=O)NCc1cccc(NC(=O)CCc2ccc(F)cc2)c1. The average Bonchev–Trinajstić information content (AvgIpc) is 2.71. The number of anilines is 1. The Morgan fingerprint density at radius 3 is 2.31 bits per heavy atom. The molecule has 7 nitrogen and oxygen atoms in total. The molecule has 172 valence electrons. The van der Waals surface area contributed by atoms with E-state index in [1.165, 1.54) is 12.1 Å². The molecule has 0 heterocycles. The first kappa shape index (κ1) is 24.8. The summed E-state index contributed by atoms with van der Waals surface area (Å²) in [4.78, 5) is 35.8. The smallest absolute Gasteiger partial charge is 0.407 e. The van der Waals surface area contributed by atoms with Crippen molar-refractivity contribution in [1.82, 2.24) is 10.6 Å². The summed E-state index contributed by atoms with van der Waals surface area (Å²) in [6.45, 7) is 5.76. The molecule has 0 saturated heterocycles. The molecule has 0 aliphatic rings. The van der Waals surface area contributed by atoms with Crippen LogP contribution in [0.25, 0.3) is 0 Å². The molecule has 0 atom stereocenters. The second kappa shape index (κ2) is 11.8. The van der Waals surface area contributed by atoms with Crippen LogP contribution in [0.3, 0.4) is 0 Å². The van der Waals surface area contributed by atoms with E-state index >= 15 is 0 Å². The van der Waals surface area contributed by atoms with E-state index in [-0.39, 0.29) is 37.0 Å². The minimum absolute atomic E-state index is 0.124. The van der Waals surface area contributed by atoms with Crippen molar-refractivity contribution in [3.63, 3.8) is 0 Å². The van der Waals surface area contributed by atoms with Gasteiger partial charge in [-0.3, -0.25) is 9.59 Å². The van der Waals surface area contributed by atoms with Crippen molar-refractivity contribution < 1.29 is 23.5 Å². The van der Waals surface area contributed by atoms with Gasteiger partial charge in [0.2, 0.25) is 11.8 Å². The number of ether oxygens (including phenoxy) is 1. The molecule has 2 aromatic carbocycles. The van der Waals surface area contributed by atoms with Gasteiger partial charge in [0, 0.05) is 31.6 Å². The summed E-state index contributed by atoms with van der Waals surface area (Å²) in [5, 5.41) is 8.15. The molecule has 2 aromatic rings. The summed E-state index contributed by atoms with van der Waals surface area (Å²) in [5.74, 6) is -0.667. The van der Waals surface area contributed by atoms with Gasteiger partial charge in [0.05, 0.1) is 0 Å². The van der Waals surface area contributed by atoms with E-state index in [0.717, 1.165) is 11.1 Å². The van der Waals surface area contributed by atoms with Gasteiger partial charge in [-0.15, -0.1) is 0 Å². The highest BCUT2D eigenvalue weighted by atomic mass is 19.1. The molecule has 0 aromatic heterocycles. The molecular weight excluding hydrogens is 413 g/mol. The van der Waals surface area contributed by atoms with E-state index in [2.05, 4.69) is 16.0 Å². The van der Waals surface area contributed by atoms with Gasteiger partial charge in [-0.25, -0.2) is 9.18 Å². The first-order valence-corrected chi connectivity index (χ1v) is 10.5. The first-order valence-electron chi connectivity index (χ1n) is 10.5. The van der Waals surface area contributed by atoms with E-state index in [4.69, 9.17) is 4.74 Å². The molecular formula is C24H30FN3O4. The Kier molecular flexibility index (Phi) is 9.19. The lowest BCUT2D eigenvalue weighted by molar-refractivity contribution is -0.121. The van der Waals surface area contributed by atoms with Crippen molar-refractivity contribution in [2.45, 2.75) is 52.2 Å². The van der Waals surface area contributed by atoms with E-state index in [1.807, 2.05) is 6.07 Å². The number of carbonyl (C=O) groups excluding carboxylic acids is 3. The Bertz CT molecular complexity index is 924. The number of hydrogen-bond donors (Lipinski definition) is 3. The number of rotatable bonds is 9. The van der Waals surface area contributed by atoms with Crippen LogP contribution in [0.2, 0.25) is 0 Å². The second-order valence-electron chi connectivity index (χ2n) is 8.33. The van der Waals surface area contributed by atoms with E-state index in [0.29, 0.717) is 18.7 Å². The topological polar surface area (TPSA) is 96.5 Å². The number of nitrogens with one attached hydrogen (secondary N) is 3. The summed E-state index contributed by atoms with van der Waals surface area (Å²) in [6, 6.07) is 13.3. The monoisotopic (exact) mass is 443 g/mol. The lowest BCUT2D eigenvalue weighted by Crippen LogP contribution is -2.35. The molecule has 0 saturated carbocycles. The lowest BCUT2D eigenvalue weighted by Gasteiger charge is -2.19. The third-order valence-corrected chi connectivity index (χ3v) is 4.27. The van der Waals surface area contributed by atoms with Crippen molar-refractivity contribution in [2.24, 2.45) is 0 Å². The zero-order chi connectivity index (χ0) is 23.6. The number of hydrogen-bond acceptors (Lipinski definition) is 4. The zero-order valence-electron chi connectivity index (χ0n) is 18.7. The molecule has 0 unspecified atom stereocenters. The lowest BCUT2D eigenvalue weighted by atomic mass is 10.1. The maximum absolute atomic E-state index is 12.9. The van der Waals surface area contributed by atoms with Crippen LogP contribution in [0.15, 0.2) is 48.5 Å². The molecule has 0 fully saturated rings. The zero-order valence-corrected chi connectivity index (χ0v) is 18.7. The number of amides is 3. The van der Waals surface area contributed by atoms with E-state index in [9.17, 15) is 18.8 Å². The Balaban J connectivity index is 1.71. The van der Waals surface area contributed by atoms with Crippen LogP contribution >= 0.6 is 0 Å². The van der Waals surface area contributed by atoms with Crippen LogP contribution in [-0.4, -0.2) is 30.1 Å². The van der Waals surface area contributed by atoms with Crippen LogP contribution in [0.5, 0.6) is 0 Å². The van der Waals surface area contributed by atoms with Crippen LogP contribution in [0.4, 0.5) is 14.9 Å². The van der Waals surface area contributed by atoms with E-state index < -0.39 is 11.7 Å². The highest BCUT2D eigenvalue weighted by molar-refractivity contribution is 5.90. The molecule has 3 amide bonds. The standard InChI is InChI=1S/C24H30FN3O4/c1-24(2,3)32-23(31)26-14-13-21(29)27-16-18-5-4-6-20(15-18)28-22(30)12-9-17-7-10-19(25)11-8-17/h4-8,10-11,15H,9,12-14,16H2,1-3H3,(H,26,31)(H,27,29)(H,28,30). The highest BCUT2D eigenvalue weighted by Gasteiger charge is 2.15. The average molecular weight is 444 g/mol. The summed E-state index contributed by atoms with van der Waals surface area (Å²) in [5.41, 5.74) is 1.76. The van der Waals surface area contributed by atoms with Gasteiger partial charge >= 0.3 is 6.09 Å². The van der Waals surface area contributed by atoms with Crippen molar-refractivity contribution in [3.05, 3.63) is 65.5 Å².